The predicted molar refractivity (Wildman–Crippen MR) is 72.0 cm³/mol. The smallest absolute Gasteiger partial charge is 0.120 e. The summed E-state index contributed by atoms with van der Waals surface area (Å²) in [5, 5.41) is 0. The molecule has 1 atom stereocenters. The van der Waals surface area contributed by atoms with E-state index in [9.17, 15) is 0 Å². The summed E-state index contributed by atoms with van der Waals surface area (Å²) in [5.41, 5.74) is 2.24. The molecular formula is C11H14Br2N2O. The Labute approximate surface area is 112 Å². The third kappa shape index (κ3) is 2.41. The molecule has 1 aromatic heterocycles. The van der Waals surface area contributed by atoms with Gasteiger partial charge in [-0.15, -0.1) is 0 Å². The molecule has 16 heavy (non-hydrogen) atoms. The summed E-state index contributed by atoms with van der Waals surface area (Å²) in [7, 11) is 1.77. The largest absolute Gasteiger partial charge is 0.380 e. The van der Waals surface area contributed by atoms with Crippen molar-refractivity contribution < 1.29 is 4.74 Å². The van der Waals surface area contributed by atoms with Crippen LogP contribution in [0.5, 0.6) is 0 Å². The van der Waals surface area contributed by atoms with E-state index in [0.29, 0.717) is 6.10 Å². The second-order valence-corrected chi connectivity index (χ2v) is 5.56. The molecule has 0 saturated carbocycles. The zero-order chi connectivity index (χ0) is 11.7. The number of nitrogens with zero attached hydrogens (tertiary/aromatic N) is 2. The maximum absolute atomic E-state index is 5.37. The van der Waals surface area contributed by atoms with Crippen LogP contribution in [0.4, 0.5) is 5.69 Å². The number of hydrogen-bond acceptors (Lipinski definition) is 3. The van der Waals surface area contributed by atoms with Crippen LogP contribution in [0.1, 0.15) is 12.1 Å². The van der Waals surface area contributed by atoms with E-state index in [0.717, 1.165) is 34.3 Å². The Morgan fingerprint density at radius 2 is 2.25 bits per heavy atom. The van der Waals surface area contributed by atoms with Gasteiger partial charge < -0.3 is 9.64 Å². The highest BCUT2D eigenvalue weighted by Crippen LogP contribution is 2.30. The molecule has 0 aliphatic carbocycles. The molecule has 0 N–H and O–H groups in total. The lowest BCUT2D eigenvalue weighted by atomic mass is 10.3. The van der Waals surface area contributed by atoms with E-state index in [-0.39, 0.29) is 0 Å². The fraction of sp³-hybridized carbons (Fsp3) is 0.545. The van der Waals surface area contributed by atoms with E-state index >= 15 is 0 Å². The summed E-state index contributed by atoms with van der Waals surface area (Å²) in [6, 6.07) is 2.12. The molecule has 0 bridgehead atoms. The summed E-state index contributed by atoms with van der Waals surface area (Å²) in [6.07, 6.45) is 1.44. The van der Waals surface area contributed by atoms with E-state index in [1.54, 1.807) is 7.11 Å². The van der Waals surface area contributed by atoms with E-state index < -0.39 is 0 Å². The summed E-state index contributed by atoms with van der Waals surface area (Å²) < 4.78 is 7.23. The number of ether oxygens (including phenoxy) is 1. The molecule has 1 saturated heterocycles. The first-order chi connectivity index (χ1) is 7.61. The van der Waals surface area contributed by atoms with Crippen molar-refractivity contribution in [3.8, 4) is 0 Å². The first-order valence-corrected chi connectivity index (χ1v) is 6.81. The highest BCUT2D eigenvalue weighted by atomic mass is 79.9. The van der Waals surface area contributed by atoms with Crippen molar-refractivity contribution in [3.05, 3.63) is 20.8 Å². The summed E-state index contributed by atoms with van der Waals surface area (Å²) in [6.45, 7) is 4.02. The Bertz CT molecular complexity index is 398. The van der Waals surface area contributed by atoms with Crippen LogP contribution >= 0.6 is 31.9 Å². The lowest BCUT2D eigenvalue weighted by Crippen LogP contribution is -2.23. The number of methoxy groups -OCH3 is 1. The van der Waals surface area contributed by atoms with Crippen molar-refractivity contribution in [3.63, 3.8) is 0 Å². The van der Waals surface area contributed by atoms with Crippen molar-refractivity contribution in [1.82, 2.24) is 4.98 Å². The molecular weight excluding hydrogens is 336 g/mol. The molecule has 2 heterocycles. The van der Waals surface area contributed by atoms with Gasteiger partial charge in [-0.2, -0.15) is 0 Å². The average Bonchev–Trinajstić information content (AvgIpc) is 2.71. The van der Waals surface area contributed by atoms with E-state index in [1.165, 1.54) is 5.69 Å². The maximum Gasteiger partial charge on any atom is 0.120 e. The quantitative estimate of drug-likeness (QED) is 0.767. The normalized spacial score (nSPS) is 20.5. The molecule has 5 heteroatoms. The first-order valence-electron chi connectivity index (χ1n) is 5.22. The molecule has 3 nitrogen and oxygen atoms in total. The van der Waals surface area contributed by atoms with Crippen LogP contribution in [0.25, 0.3) is 0 Å². The fourth-order valence-electron chi connectivity index (χ4n) is 2.00. The monoisotopic (exact) mass is 348 g/mol. The molecule has 0 amide bonds. The minimum Gasteiger partial charge on any atom is -0.380 e. The van der Waals surface area contributed by atoms with Crippen LogP contribution in [0.2, 0.25) is 0 Å². The van der Waals surface area contributed by atoms with Crippen LogP contribution in [-0.4, -0.2) is 31.3 Å². The Balaban J connectivity index is 2.24. The Kier molecular flexibility index (Phi) is 3.87. The fourth-order valence-corrected chi connectivity index (χ4v) is 2.69. The Morgan fingerprint density at radius 3 is 2.88 bits per heavy atom. The van der Waals surface area contributed by atoms with Crippen molar-refractivity contribution in [2.45, 2.75) is 19.4 Å². The number of pyridine rings is 1. The van der Waals surface area contributed by atoms with Gasteiger partial charge in [-0.25, -0.2) is 4.98 Å². The molecule has 1 aliphatic rings. The standard InChI is InChI=1S/C11H14Br2N2O/c1-7-10(5-9(12)11(13)14-7)15-4-3-8(6-15)16-2/h5,8H,3-4,6H2,1-2H3/t8-/m0/s1. The lowest BCUT2D eigenvalue weighted by Gasteiger charge is -2.20. The maximum atomic E-state index is 5.37. The summed E-state index contributed by atoms with van der Waals surface area (Å²) >= 11 is 6.91. The van der Waals surface area contributed by atoms with Gasteiger partial charge in [0.05, 0.1) is 22.0 Å². The topological polar surface area (TPSA) is 25.4 Å². The minimum atomic E-state index is 0.349. The zero-order valence-electron chi connectivity index (χ0n) is 9.33. The van der Waals surface area contributed by atoms with Crippen molar-refractivity contribution in [2.75, 3.05) is 25.1 Å². The van der Waals surface area contributed by atoms with Crippen LogP contribution in [0, 0.1) is 6.92 Å². The second-order valence-electron chi connectivity index (χ2n) is 3.96. The Hall–Kier alpha value is -0.130. The van der Waals surface area contributed by atoms with Crippen molar-refractivity contribution in [2.24, 2.45) is 0 Å². The van der Waals surface area contributed by atoms with Crippen molar-refractivity contribution in [1.29, 1.82) is 0 Å². The highest BCUT2D eigenvalue weighted by Gasteiger charge is 2.24. The highest BCUT2D eigenvalue weighted by molar-refractivity contribution is 9.13. The van der Waals surface area contributed by atoms with Gasteiger partial charge in [-0.3, -0.25) is 0 Å². The summed E-state index contributed by atoms with van der Waals surface area (Å²) in [4.78, 5) is 6.78. The third-order valence-electron chi connectivity index (χ3n) is 2.92. The van der Waals surface area contributed by atoms with E-state index in [2.05, 4.69) is 47.8 Å². The number of aryl methyl sites for hydroxylation is 1. The molecule has 1 fully saturated rings. The zero-order valence-corrected chi connectivity index (χ0v) is 12.5. The van der Waals surface area contributed by atoms with Crippen LogP contribution in [-0.2, 0) is 4.74 Å². The molecule has 0 spiro atoms. The van der Waals surface area contributed by atoms with Gasteiger partial charge in [0.25, 0.3) is 0 Å². The lowest BCUT2D eigenvalue weighted by molar-refractivity contribution is 0.121. The Morgan fingerprint density at radius 1 is 1.50 bits per heavy atom. The van der Waals surface area contributed by atoms with Crippen molar-refractivity contribution >= 4 is 37.5 Å². The molecule has 0 unspecified atom stereocenters. The van der Waals surface area contributed by atoms with Gasteiger partial charge >= 0.3 is 0 Å². The first kappa shape index (κ1) is 12.3. The van der Waals surface area contributed by atoms with E-state index in [1.807, 2.05) is 6.92 Å². The van der Waals surface area contributed by atoms with E-state index in [4.69, 9.17) is 4.74 Å². The van der Waals surface area contributed by atoms with Gasteiger partial charge in [0.15, 0.2) is 0 Å². The predicted octanol–water partition coefficient (Wildman–Crippen LogP) is 3.14. The summed E-state index contributed by atoms with van der Waals surface area (Å²) in [5.74, 6) is 0. The van der Waals surface area contributed by atoms with Gasteiger partial charge in [0, 0.05) is 20.2 Å². The SMILES string of the molecule is CO[C@H]1CCN(c2cc(Br)c(Br)nc2C)C1. The molecule has 0 radical (unpaired) electrons. The van der Waals surface area contributed by atoms with Crippen LogP contribution < -0.4 is 4.90 Å². The number of anilines is 1. The number of aromatic nitrogens is 1. The van der Waals surface area contributed by atoms with Gasteiger partial charge in [-0.1, -0.05) is 0 Å². The van der Waals surface area contributed by atoms with Crippen LogP contribution in [0.3, 0.4) is 0 Å². The number of halogens is 2. The minimum absolute atomic E-state index is 0.349. The molecule has 0 aromatic carbocycles. The molecule has 88 valence electrons. The average molecular weight is 350 g/mol. The van der Waals surface area contributed by atoms with Crippen LogP contribution in [0.15, 0.2) is 15.1 Å². The number of hydrogen-bond donors (Lipinski definition) is 0. The van der Waals surface area contributed by atoms with Gasteiger partial charge in [0.2, 0.25) is 0 Å². The number of rotatable bonds is 2. The molecule has 1 aliphatic heterocycles. The van der Waals surface area contributed by atoms with Gasteiger partial charge in [0.1, 0.15) is 4.60 Å². The molecule has 2 rings (SSSR count). The van der Waals surface area contributed by atoms with Gasteiger partial charge in [-0.05, 0) is 51.3 Å². The molecule has 1 aromatic rings. The second kappa shape index (κ2) is 5.02. The third-order valence-corrected chi connectivity index (χ3v) is 4.66.